The van der Waals surface area contributed by atoms with Crippen LogP contribution in [0.25, 0.3) is 11.3 Å². The normalized spacial score (nSPS) is 15.1. The van der Waals surface area contributed by atoms with Crippen LogP contribution in [0.5, 0.6) is 0 Å². The molecule has 1 radical (unpaired) electrons. The number of amides is 1. The van der Waals surface area contributed by atoms with Crippen molar-refractivity contribution < 1.29 is 13.9 Å². The molecule has 2 aromatic heterocycles. The predicted molar refractivity (Wildman–Crippen MR) is 91.8 cm³/mol. The average Bonchev–Trinajstić information content (AvgIpc) is 2.62. The van der Waals surface area contributed by atoms with Gasteiger partial charge in [0.15, 0.2) is 11.6 Å². The van der Waals surface area contributed by atoms with Crippen LogP contribution < -0.4 is 11.1 Å². The number of nitrogens with zero attached hydrogens (tertiary/aromatic N) is 2. The first kappa shape index (κ1) is 17.6. The second kappa shape index (κ2) is 7.76. The highest BCUT2D eigenvalue weighted by Crippen LogP contribution is 2.30. The highest BCUT2D eigenvalue weighted by molar-refractivity contribution is 6.33. The fraction of sp³-hybridized carbons (Fsp3) is 0.353. The first-order chi connectivity index (χ1) is 12.1. The molecule has 0 unspecified atom stereocenters. The molecule has 6 nitrogen and oxygen atoms in total. The lowest BCUT2D eigenvalue weighted by Gasteiger charge is -2.22. The third-order valence-corrected chi connectivity index (χ3v) is 4.42. The number of nitrogens with two attached hydrogens (primary N) is 1. The summed E-state index contributed by atoms with van der Waals surface area (Å²) in [5.41, 5.74) is 5.93. The number of hydrogen-bond acceptors (Lipinski definition) is 5. The van der Waals surface area contributed by atoms with Crippen molar-refractivity contribution in [3.05, 3.63) is 40.9 Å². The van der Waals surface area contributed by atoms with Crippen molar-refractivity contribution in [2.24, 2.45) is 11.7 Å². The molecule has 1 aliphatic rings. The molecule has 3 rings (SSSR count). The monoisotopic (exact) mass is 363 g/mol. The predicted octanol–water partition coefficient (Wildman–Crippen LogP) is 2.67. The van der Waals surface area contributed by atoms with Crippen LogP contribution in [0.4, 0.5) is 10.2 Å². The van der Waals surface area contributed by atoms with Gasteiger partial charge < -0.3 is 15.8 Å². The third kappa shape index (κ3) is 4.05. The molecule has 2 aromatic rings. The zero-order valence-corrected chi connectivity index (χ0v) is 14.1. The molecule has 25 heavy (non-hydrogen) atoms. The first-order valence-corrected chi connectivity index (χ1v) is 8.28. The highest BCUT2D eigenvalue weighted by atomic mass is 35.5. The number of anilines is 1. The Morgan fingerprint density at radius 3 is 2.92 bits per heavy atom. The molecular formula is C17H17ClFN4O2. The van der Waals surface area contributed by atoms with Gasteiger partial charge in [0.1, 0.15) is 0 Å². The van der Waals surface area contributed by atoms with Crippen molar-refractivity contribution in [3.8, 4) is 11.3 Å². The molecule has 1 amide bonds. The van der Waals surface area contributed by atoms with E-state index in [0.717, 1.165) is 18.9 Å². The van der Waals surface area contributed by atoms with Crippen LogP contribution in [0, 0.1) is 17.9 Å². The third-order valence-electron chi connectivity index (χ3n) is 4.11. The number of primary amides is 1. The lowest BCUT2D eigenvalue weighted by Crippen LogP contribution is -2.23. The van der Waals surface area contributed by atoms with Gasteiger partial charge in [-0.3, -0.25) is 9.78 Å². The number of halogens is 2. The topological polar surface area (TPSA) is 90.1 Å². The lowest BCUT2D eigenvalue weighted by molar-refractivity contribution is 0.0699. The van der Waals surface area contributed by atoms with Crippen molar-refractivity contribution in [1.82, 2.24) is 9.97 Å². The Hall–Kier alpha value is -2.25. The van der Waals surface area contributed by atoms with Crippen LogP contribution >= 0.6 is 11.6 Å². The number of aromatic nitrogens is 2. The quantitative estimate of drug-likeness (QED) is 0.852. The highest BCUT2D eigenvalue weighted by Gasteiger charge is 2.20. The Kier molecular flexibility index (Phi) is 5.45. The second-order valence-corrected chi connectivity index (χ2v) is 6.22. The molecule has 0 aliphatic carbocycles. The summed E-state index contributed by atoms with van der Waals surface area (Å²) in [4.78, 5) is 19.7. The Morgan fingerprint density at radius 2 is 2.24 bits per heavy atom. The zero-order valence-electron chi connectivity index (χ0n) is 13.4. The van der Waals surface area contributed by atoms with E-state index in [1.54, 1.807) is 0 Å². The van der Waals surface area contributed by atoms with Crippen molar-refractivity contribution in [2.75, 3.05) is 25.1 Å². The summed E-state index contributed by atoms with van der Waals surface area (Å²) in [6, 6.07) is 2.56. The largest absolute Gasteiger partial charge is 0.381 e. The van der Waals surface area contributed by atoms with Crippen LogP contribution in [0.15, 0.2) is 18.3 Å². The molecule has 8 heteroatoms. The van der Waals surface area contributed by atoms with E-state index in [1.165, 1.54) is 12.3 Å². The molecule has 0 atom stereocenters. The van der Waals surface area contributed by atoms with Crippen molar-refractivity contribution in [3.63, 3.8) is 0 Å². The number of carbonyl (C=O) groups excluding carboxylic acids is 1. The molecule has 0 bridgehead atoms. The molecule has 0 saturated carbocycles. The maximum absolute atomic E-state index is 14.4. The smallest absolute Gasteiger partial charge is 0.251 e. The zero-order chi connectivity index (χ0) is 17.8. The van der Waals surface area contributed by atoms with E-state index >= 15 is 0 Å². The minimum Gasteiger partial charge on any atom is -0.381 e. The van der Waals surface area contributed by atoms with Crippen molar-refractivity contribution in [2.45, 2.75) is 12.8 Å². The van der Waals surface area contributed by atoms with E-state index < -0.39 is 11.7 Å². The van der Waals surface area contributed by atoms with E-state index in [0.29, 0.717) is 31.2 Å². The summed E-state index contributed by atoms with van der Waals surface area (Å²) in [6.45, 7) is 1.98. The second-order valence-electron chi connectivity index (χ2n) is 5.81. The summed E-state index contributed by atoms with van der Waals surface area (Å²) < 4.78 is 19.7. The van der Waals surface area contributed by atoms with Gasteiger partial charge in [0.25, 0.3) is 5.91 Å². The van der Waals surface area contributed by atoms with Gasteiger partial charge in [-0.2, -0.15) is 0 Å². The van der Waals surface area contributed by atoms with Gasteiger partial charge in [-0.25, -0.2) is 9.37 Å². The van der Waals surface area contributed by atoms with Crippen LogP contribution in [-0.2, 0) is 4.74 Å². The van der Waals surface area contributed by atoms with Crippen LogP contribution in [0.2, 0.25) is 5.02 Å². The fourth-order valence-electron chi connectivity index (χ4n) is 2.71. The first-order valence-electron chi connectivity index (χ1n) is 7.90. The van der Waals surface area contributed by atoms with Gasteiger partial charge in [0.2, 0.25) is 0 Å². The van der Waals surface area contributed by atoms with Gasteiger partial charge in [0.05, 0.1) is 22.5 Å². The van der Waals surface area contributed by atoms with E-state index in [4.69, 9.17) is 22.1 Å². The van der Waals surface area contributed by atoms with Crippen molar-refractivity contribution >= 4 is 23.3 Å². The Bertz CT molecular complexity index is 781. The van der Waals surface area contributed by atoms with E-state index in [9.17, 15) is 9.18 Å². The summed E-state index contributed by atoms with van der Waals surface area (Å²) in [5.74, 6) is -0.990. The molecule has 0 aromatic carbocycles. The molecule has 1 fully saturated rings. The van der Waals surface area contributed by atoms with Gasteiger partial charge >= 0.3 is 0 Å². The summed E-state index contributed by atoms with van der Waals surface area (Å²) in [7, 11) is 0. The molecular weight excluding hydrogens is 347 g/mol. The fourth-order valence-corrected chi connectivity index (χ4v) is 2.91. The van der Waals surface area contributed by atoms with Gasteiger partial charge in [0, 0.05) is 31.5 Å². The van der Waals surface area contributed by atoms with Gasteiger partial charge in [-0.05, 0) is 30.9 Å². The molecule has 131 valence electrons. The molecule has 0 spiro atoms. The lowest BCUT2D eigenvalue weighted by atomic mass is 10.0. The standard InChI is InChI=1S/C17H17ClFN4O2/c18-13-9-21-4-1-11(13)15-12(16(20)24)7-14(19)17(23-15)22-8-10-2-5-25-6-3-10/h1,7,9-10H,2-3,5-6,8H2,(H2,20,24)(H,22,23). The SMILES string of the molecule is NC(=O)c1cc(F)c(NCC2CCOCC2)nc1-c1c[c]ncc1Cl. The minimum atomic E-state index is -0.787. The molecule has 1 saturated heterocycles. The maximum atomic E-state index is 14.4. The Balaban J connectivity index is 1.93. The maximum Gasteiger partial charge on any atom is 0.251 e. The van der Waals surface area contributed by atoms with Crippen LogP contribution in [-0.4, -0.2) is 35.6 Å². The molecule has 3 heterocycles. The summed E-state index contributed by atoms with van der Waals surface area (Å²) in [5, 5.41) is 3.29. The Labute approximate surface area is 149 Å². The number of nitrogens with one attached hydrogen (secondary N) is 1. The van der Waals surface area contributed by atoms with E-state index in [-0.39, 0.29) is 22.1 Å². The van der Waals surface area contributed by atoms with Gasteiger partial charge in [-0.15, -0.1) is 0 Å². The van der Waals surface area contributed by atoms with Crippen LogP contribution in [0.1, 0.15) is 23.2 Å². The Morgan fingerprint density at radius 1 is 1.48 bits per heavy atom. The van der Waals surface area contributed by atoms with Crippen LogP contribution in [0.3, 0.4) is 0 Å². The van der Waals surface area contributed by atoms with Gasteiger partial charge in [-0.1, -0.05) is 11.6 Å². The number of hydrogen-bond donors (Lipinski definition) is 2. The molecule has 1 aliphatic heterocycles. The van der Waals surface area contributed by atoms with E-state index in [1.807, 2.05) is 0 Å². The number of ether oxygens (including phenoxy) is 1. The van der Waals surface area contributed by atoms with Crippen molar-refractivity contribution in [1.29, 1.82) is 0 Å². The average molecular weight is 364 g/mol. The number of pyridine rings is 2. The summed E-state index contributed by atoms with van der Waals surface area (Å²) in [6.07, 6.45) is 5.82. The number of carbonyl (C=O) groups is 1. The number of rotatable bonds is 5. The minimum absolute atomic E-state index is 0.0457. The summed E-state index contributed by atoms with van der Waals surface area (Å²) >= 11 is 6.12. The van der Waals surface area contributed by atoms with E-state index in [2.05, 4.69) is 21.5 Å². The molecule has 3 N–H and O–H groups in total.